The second kappa shape index (κ2) is 7.99. The zero-order valence-electron chi connectivity index (χ0n) is 10.0. The van der Waals surface area contributed by atoms with Gasteiger partial charge in [-0.2, -0.15) is 0 Å². The third kappa shape index (κ3) is 7.67. The summed E-state index contributed by atoms with van der Waals surface area (Å²) in [6.45, 7) is 5.81. The molecule has 2 unspecified atom stereocenters. The largest absolute Gasteiger partial charge is 0.473 e. The van der Waals surface area contributed by atoms with Crippen molar-refractivity contribution in [2.45, 2.75) is 38.5 Å². The molecule has 7 nitrogen and oxygen atoms in total. The molecule has 0 aliphatic carbocycles. The summed E-state index contributed by atoms with van der Waals surface area (Å²) < 4.78 is 5.63. The number of hydrogen-bond donors (Lipinski definition) is 4. The number of carboxylic acids is 2. The van der Waals surface area contributed by atoms with Crippen molar-refractivity contribution >= 4 is 11.9 Å². The van der Waals surface area contributed by atoms with Crippen LogP contribution in [0.1, 0.15) is 20.3 Å². The quantitative estimate of drug-likeness (QED) is 0.485. The average Bonchev–Trinajstić information content (AvgIpc) is 2.65. The van der Waals surface area contributed by atoms with E-state index in [1.807, 2.05) is 0 Å². The Balaban J connectivity index is 0.000000366. The number of nitrogens with one attached hydrogen (secondary N) is 1. The molecule has 0 aromatic carbocycles. The number of hydrogen-bond acceptors (Lipinski definition) is 5. The van der Waals surface area contributed by atoms with E-state index in [4.69, 9.17) is 30.3 Å². The number of carbonyl (C=O) groups is 2. The first-order chi connectivity index (χ1) is 7.86. The van der Waals surface area contributed by atoms with E-state index in [2.05, 4.69) is 19.2 Å². The molecule has 7 heteroatoms. The lowest BCUT2D eigenvalue weighted by Crippen LogP contribution is -2.29. The fourth-order valence-electron chi connectivity index (χ4n) is 1.45. The van der Waals surface area contributed by atoms with Gasteiger partial charge >= 0.3 is 11.9 Å². The molecule has 1 aliphatic rings. The minimum Gasteiger partial charge on any atom is -0.473 e. The monoisotopic (exact) mass is 248 g/mol. The van der Waals surface area contributed by atoms with E-state index in [1.54, 1.807) is 0 Å². The van der Waals surface area contributed by atoms with Crippen LogP contribution in [-0.2, 0) is 14.3 Å². The van der Waals surface area contributed by atoms with Crippen molar-refractivity contribution in [3.05, 3.63) is 0 Å². The number of rotatable bonds is 3. The van der Waals surface area contributed by atoms with Gasteiger partial charge in [0.05, 0.1) is 12.2 Å². The van der Waals surface area contributed by atoms with Crippen LogP contribution in [0.2, 0.25) is 0 Å². The highest BCUT2D eigenvalue weighted by Crippen LogP contribution is 2.10. The Morgan fingerprint density at radius 1 is 1.41 bits per heavy atom. The normalized spacial score (nSPS) is 23.1. The Labute approximate surface area is 99.9 Å². The van der Waals surface area contributed by atoms with Crippen LogP contribution < -0.4 is 11.1 Å². The van der Waals surface area contributed by atoms with Gasteiger partial charge in [-0.3, -0.25) is 0 Å². The van der Waals surface area contributed by atoms with Crippen LogP contribution in [0.4, 0.5) is 0 Å². The van der Waals surface area contributed by atoms with Gasteiger partial charge in [0, 0.05) is 19.1 Å². The van der Waals surface area contributed by atoms with Crippen molar-refractivity contribution in [1.82, 2.24) is 5.32 Å². The van der Waals surface area contributed by atoms with Gasteiger partial charge in [-0.15, -0.1) is 0 Å². The zero-order valence-corrected chi connectivity index (χ0v) is 10.0. The molecule has 0 aromatic heterocycles. The zero-order chi connectivity index (χ0) is 13.4. The smallest absolute Gasteiger partial charge is 0.414 e. The van der Waals surface area contributed by atoms with E-state index in [0.717, 1.165) is 19.5 Å². The van der Waals surface area contributed by atoms with Gasteiger partial charge in [-0.05, 0) is 20.3 Å². The van der Waals surface area contributed by atoms with Crippen LogP contribution in [-0.4, -0.2) is 53.5 Å². The van der Waals surface area contributed by atoms with Crippen molar-refractivity contribution in [2.24, 2.45) is 5.73 Å². The Morgan fingerprint density at radius 2 is 1.94 bits per heavy atom. The maximum atomic E-state index is 9.10. The third-order valence-electron chi connectivity index (χ3n) is 2.11. The van der Waals surface area contributed by atoms with Crippen molar-refractivity contribution < 1.29 is 24.5 Å². The number of ether oxygens (including phenoxy) is 1. The Kier molecular flexibility index (Phi) is 7.44. The maximum absolute atomic E-state index is 9.10. The molecule has 0 amide bonds. The Morgan fingerprint density at radius 3 is 2.24 bits per heavy atom. The second-order valence-corrected chi connectivity index (χ2v) is 3.99. The fourth-order valence-corrected chi connectivity index (χ4v) is 1.45. The van der Waals surface area contributed by atoms with E-state index in [-0.39, 0.29) is 0 Å². The molecule has 0 spiro atoms. The van der Waals surface area contributed by atoms with Crippen LogP contribution in [0.25, 0.3) is 0 Å². The van der Waals surface area contributed by atoms with Gasteiger partial charge in [0.25, 0.3) is 0 Å². The Bertz CT molecular complexity index is 245. The summed E-state index contributed by atoms with van der Waals surface area (Å²) in [6, 6.07) is 0.471. The SMILES string of the molecule is CC(C)OC1CNC(CN)C1.O=C(O)C(=O)O. The van der Waals surface area contributed by atoms with Gasteiger partial charge in [0.15, 0.2) is 0 Å². The molecule has 0 radical (unpaired) electrons. The molecule has 1 aliphatic heterocycles. The van der Waals surface area contributed by atoms with E-state index >= 15 is 0 Å². The van der Waals surface area contributed by atoms with E-state index in [0.29, 0.717) is 18.2 Å². The number of aliphatic carboxylic acids is 2. The third-order valence-corrected chi connectivity index (χ3v) is 2.11. The minimum absolute atomic E-state index is 0.332. The lowest BCUT2D eigenvalue weighted by molar-refractivity contribution is -0.159. The van der Waals surface area contributed by atoms with Gasteiger partial charge in [0.2, 0.25) is 0 Å². The molecule has 0 bridgehead atoms. The molecule has 1 heterocycles. The topological polar surface area (TPSA) is 122 Å². The predicted molar refractivity (Wildman–Crippen MR) is 60.7 cm³/mol. The maximum Gasteiger partial charge on any atom is 0.414 e. The summed E-state index contributed by atoms with van der Waals surface area (Å²) in [5, 5.41) is 18.1. The minimum atomic E-state index is -1.82. The van der Waals surface area contributed by atoms with Gasteiger partial charge in [-0.1, -0.05) is 0 Å². The predicted octanol–water partition coefficient (Wildman–Crippen LogP) is -0.744. The van der Waals surface area contributed by atoms with Crippen LogP contribution in [0.5, 0.6) is 0 Å². The molecule has 17 heavy (non-hydrogen) atoms. The average molecular weight is 248 g/mol. The lowest BCUT2D eigenvalue weighted by atomic mass is 10.2. The summed E-state index contributed by atoms with van der Waals surface area (Å²) in [7, 11) is 0. The summed E-state index contributed by atoms with van der Waals surface area (Å²) in [4.78, 5) is 18.2. The first-order valence-corrected chi connectivity index (χ1v) is 5.42. The standard InChI is InChI=1S/C8H18N2O.C2H2O4/c1-6(2)11-8-3-7(4-9)10-5-8;3-1(4)2(5)6/h6-8,10H,3-5,9H2,1-2H3;(H,3,4)(H,5,6). The molecular formula is C10H20N2O5. The number of nitrogens with two attached hydrogens (primary N) is 1. The first-order valence-electron chi connectivity index (χ1n) is 5.42. The summed E-state index contributed by atoms with van der Waals surface area (Å²) in [5.74, 6) is -3.65. The van der Waals surface area contributed by atoms with Gasteiger partial charge in [-0.25, -0.2) is 9.59 Å². The highest BCUT2D eigenvalue weighted by Gasteiger charge is 2.23. The van der Waals surface area contributed by atoms with Crippen LogP contribution >= 0.6 is 0 Å². The summed E-state index contributed by atoms with van der Waals surface area (Å²) >= 11 is 0. The fraction of sp³-hybridized carbons (Fsp3) is 0.800. The second-order valence-electron chi connectivity index (χ2n) is 3.99. The highest BCUT2D eigenvalue weighted by molar-refractivity contribution is 6.27. The molecule has 1 rings (SSSR count). The van der Waals surface area contributed by atoms with Gasteiger partial charge < -0.3 is 26.0 Å². The first kappa shape index (κ1) is 15.8. The Hall–Kier alpha value is -1.18. The molecule has 1 fully saturated rings. The molecule has 0 aromatic rings. The van der Waals surface area contributed by atoms with Crippen LogP contribution in [0, 0.1) is 0 Å². The number of carboxylic acid groups (broad SMARTS) is 2. The van der Waals surface area contributed by atoms with E-state index in [1.165, 1.54) is 0 Å². The van der Waals surface area contributed by atoms with Crippen LogP contribution in [0.3, 0.4) is 0 Å². The van der Waals surface area contributed by atoms with Crippen LogP contribution in [0.15, 0.2) is 0 Å². The van der Waals surface area contributed by atoms with Crippen molar-refractivity contribution in [3.8, 4) is 0 Å². The van der Waals surface area contributed by atoms with E-state index in [9.17, 15) is 0 Å². The summed E-state index contributed by atoms with van der Waals surface area (Å²) in [5.41, 5.74) is 5.51. The van der Waals surface area contributed by atoms with Crippen molar-refractivity contribution in [1.29, 1.82) is 0 Å². The lowest BCUT2D eigenvalue weighted by Gasteiger charge is -2.13. The molecular weight excluding hydrogens is 228 g/mol. The molecule has 5 N–H and O–H groups in total. The molecule has 1 saturated heterocycles. The van der Waals surface area contributed by atoms with Gasteiger partial charge in [0.1, 0.15) is 0 Å². The molecule has 100 valence electrons. The van der Waals surface area contributed by atoms with Crippen molar-refractivity contribution in [3.63, 3.8) is 0 Å². The van der Waals surface area contributed by atoms with Crippen molar-refractivity contribution in [2.75, 3.05) is 13.1 Å². The highest BCUT2D eigenvalue weighted by atomic mass is 16.5. The van der Waals surface area contributed by atoms with E-state index < -0.39 is 11.9 Å². The molecule has 2 atom stereocenters. The summed E-state index contributed by atoms with van der Waals surface area (Å²) in [6.07, 6.45) is 1.77. The molecule has 0 saturated carbocycles.